The Bertz CT molecular complexity index is 566. The number of aryl methyl sites for hydroxylation is 1. The minimum Gasteiger partial charge on any atom is -0.508 e. The second kappa shape index (κ2) is 5.63. The summed E-state index contributed by atoms with van der Waals surface area (Å²) in [6, 6.07) is 11.0. The molecule has 0 aromatic heterocycles. The normalized spacial score (nSPS) is 12.3. The van der Waals surface area contributed by atoms with E-state index in [0.29, 0.717) is 24.0 Å². The van der Waals surface area contributed by atoms with Crippen molar-refractivity contribution in [1.82, 2.24) is 0 Å². The molecule has 4 heteroatoms. The van der Waals surface area contributed by atoms with Crippen LogP contribution in [0.5, 0.6) is 17.2 Å². The first-order valence-electron chi connectivity index (χ1n) is 6.04. The van der Waals surface area contributed by atoms with Crippen LogP contribution in [0, 0.1) is 0 Å². The summed E-state index contributed by atoms with van der Waals surface area (Å²) in [4.78, 5) is 0. The average Bonchev–Trinajstić information content (AvgIpc) is 2.38. The van der Waals surface area contributed by atoms with E-state index in [2.05, 4.69) is 0 Å². The van der Waals surface area contributed by atoms with Crippen molar-refractivity contribution in [2.75, 3.05) is 0 Å². The maximum Gasteiger partial charge on any atom is 0.122 e. The van der Waals surface area contributed by atoms with Crippen LogP contribution in [0.4, 0.5) is 0 Å². The van der Waals surface area contributed by atoms with Crippen LogP contribution in [-0.4, -0.2) is 20.4 Å². The zero-order chi connectivity index (χ0) is 13.8. The highest BCUT2D eigenvalue weighted by Crippen LogP contribution is 2.29. The third-order valence-corrected chi connectivity index (χ3v) is 3.05. The van der Waals surface area contributed by atoms with Crippen LogP contribution in [0.2, 0.25) is 0 Å². The van der Waals surface area contributed by atoms with E-state index in [4.69, 9.17) is 0 Å². The molecule has 1 unspecified atom stereocenters. The number of aliphatic hydroxyl groups is 1. The van der Waals surface area contributed by atoms with Crippen molar-refractivity contribution in [2.45, 2.75) is 18.9 Å². The predicted molar refractivity (Wildman–Crippen MR) is 71.2 cm³/mol. The molecule has 0 aliphatic heterocycles. The molecule has 0 amide bonds. The van der Waals surface area contributed by atoms with Crippen LogP contribution in [0.1, 0.15) is 23.7 Å². The molecule has 0 saturated heterocycles. The molecule has 19 heavy (non-hydrogen) atoms. The van der Waals surface area contributed by atoms with Gasteiger partial charge >= 0.3 is 0 Å². The summed E-state index contributed by atoms with van der Waals surface area (Å²) in [5.41, 5.74) is 1.12. The van der Waals surface area contributed by atoms with Crippen molar-refractivity contribution in [3.63, 3.8) is 0 Å². The third kappa shape index (κ3) is 3.17. The van der Waals surface area contributed by atoms with Gasteiger partial charge in [-0.15, -0.1) is 0 Å². The molecule has 0 heterocycles. The van der Waals surface area contributed by atoms with Crippen molar-refractivity contribution in [1.29, 1.82) is 0 Å². The lowest BCUT2D eigenvalue weighted by Crippen LogP contribution is -2.00. The Kier molecular flexibility index (Phi) is 3.92. The molecule has 0 saturated carbocycles. The monoisotopic (exact) mass is 260 g/mol. The quantitative estimate of drug-likeness (QED) is 0.680. The number of hydrogen-bond acceptors (Lipinski definition) is 4. The largest absolute Gasteiger partial charge is 0.508 e. The van der Waals surface area contributed by atoms with Gasteiger partial charge in [-0.3, -0.25) is 0 Å². The first-order chi connectivity index (χ1) is 9.08. The van der Waals surface area contributed by atoms with E-state index in [1.54, 1.807) is 24.3 Å². The van der Waals surface area contributed by atoms with E-state index in [0.717, 1.165) is 0 Å². The second-order valence-corrected chi connectivity index (χ2v) is 4.43. The Hall–Kier alpha value is -2.20. The van der Waals surface area contributed by atoms with Gasteiger partial charge in [0, 0.05) is 11.6 Å². The van der Waals surface area contributed by atoms with Gasteiger partial charge in [-0.2, -0.15) is 0 Å². The molecule has 100 valence electrons. The summed E-state index contributed by atoms with van der Waals surface area (Å²) < 4.78 is 0. The standard InChI is InChI=1S/C15H16O4/c16-11-7-5-10(15(19)9-11)6-8-14(18)12-3-1-2-4-13(12)17/h1-5,7,9,14,16-19H,6,8H2. The molecular weight excluding hydrogens is 244 g/mol. The highest BCUT2D eigenvalue weighted by Gasteiger charge is 2.12. The fourth-order valence-electron chi connectivity index (χ4n) is 1.98. The summed E-state index contributed by atoms with van der Waals surface area (Å²) in [7, 11) is 0. The van der Waals surface area contributed by atoms with Gasteiger partial charge < -0.3 is 20.4 Å². The molecule has 2 aromatic rings. The van der Waals surface area contributed by atoms with Gasteiger partial charge in [-0.25, -0.2) is 0 Å². The maximum absolute atomic E-state index is 10.0. The lowest BCUT2D eigenvalue weighted by molar-refractivity contribution is 0.164. The molecule has 0 fully saturated rings. The van der Waals surface area contributed by atoms with Crippen molar-refractivity contribution in [2.24, 2.45) is 0 Å². The molecule has 4 N–H and O–H groups in total. The van der Waals surface area contributed by atoms with E-state index >= 15 is 0 Å². The third-order valence-electron chi connectivity index (χ3n) is 3.05. The first kappa shape index (κ1) is 13.2. The number of phenolic OH excluding ortho intramolecular Hbond substituents is 3. The van der Waals surface area contributed by atoms with Gasteiger partial charge in [0.1, 0.15) is 17.2 Å². The van der Waals surface area contributed by atoms with Crippen LogP contribution < -0.4 is 0 Å². The summed E-state index contributed by atoms with van der Waals surface area (Å²) in [6.07, 6.45) is 0.0201. The van der Waals surface area contributed by atoms with Crippen molar-refractivity contribution in [3.05, 3.63) is 53.6 Å². The zero-order valence-corrected chi connectivity index (χ0v) is 10.3. The lowest BCUT2D eigenvalue weighted by Gasteiger charge is -2.13. The number of para-hydroxylation sites is 1. The smallest absolute Gasteiger partial charge is 0.122 e. The van der Waals surface area contributed by atoms with Gasteiger partial charge in [-0.05, 0) is 30.5 Å². The van der Waals surface area contributed by atoms with E-state index < -0.39 is 6.10 Å². The molecule has 2 aromatic carbocycles. The highest BCUT2D eigenvalue weighted by atomic mass is 16.3. The van der Waals surface area contributed by atoms with Gasteiger partial charge in [0.15, 0.2) is 0 Å². The number of aliphatic hydroxyl groups excluding tert-OH is 1. The summed E-state index contributed by atoms with van der Waals surface area (Å²) in [5.74, 6) is 0.0666. The van der Waals surface area contributed by atoms with Crippen LogP contribution >= 0.6 is 0 Å². The van der Waals surface area contributed by atoms with Crippen molar-refractivity contribution >= 4 is 0 Å². The van der Waals surface area contributed by atoms with E-state index in [1.165, 1.54) is 18.2 Å². The van der Waals surface area contributed by atoms with Gasteiger partial charge in [-0.1, -0.05) is 24.3 Å². The van der Waals surface area contributed by atoms with Crippen LogP contribution in [0.15, 0.2) is 42.5 Å². The SMILES string of the molecule is Oc1ccc(CCC(O)c2ccccc2O)c(O)c1. The first-order valence-corrected chi connectivity index (χ1v) is 6.04. The van der Waals surface area contributed by atoms with Gasteiger partial charge in [0.25, 0.3) is 0 Å². The Morgan fingerprint density at radius 2 is 1.63 bits per heavy atom. The van der Waals surface area contributed by atoms with Crippen LogP contribution in [0.3, 0.4) is 0 Å². The van der Waals surface area contributed by atoms with Gasteiger partial charge in [0.2, 0.25) is 0 Å². The molecule has 4 nitrogen and oxygen atoms in total. The number of phenols is 3. The fourth-order valence-corrected chi connectivity index (χ4v) is 1.98. The predicted octanol–water partition coefficient (Wildman–Crippen LogP) is 2.47. The van der Waals surface area contributed by atoms with Crippen LogP contribution in [-0.2, 0) is 6.42 Å². The number of hydrogen-bond donors (Lipinski definition) is 4. The molecule has 0 radical (unpaired) electrons. The number of benzene rings is 2. The van der Waals surface area contributed by atoms with Crippen molar-refractivity contribution in [3.8, 4) is 17.2 Å². The summed E-state index contributed by atoms with van der Waals surface area (Å²) >= 11 is 0. The number of rotatable bonds is 4. The van der Waals surface area contributed by atoms with E-state index in [-0.39, 0.29) is 17.2 Å². The van der Waals surface area contributed by atoms with Gasteiger partial charge in [0.05, 0.1) is 6.10 Å². The number of aromatic hydroxyl groups is 3. The molecule has 2 rings (SSSR count). The Balaban J connectivity index is 2.04. The lowest BCUT2D eigenvalue weighted by atomic mass is 10.00. The average molecular weight is 260 g/mol. The topological polar surface area (TPSA) is 80.9 Å². The van der Waals surface area contributed by atoms with E-state index in [9.17, 15) is 20.4 Å². The second-order valence-electron chi connectivity index (χ2n) is 4.43. The minimum absolute atomic E-state index is 0.00232. The molecule has 1 atom stereocenters. The minimum atomic E-state index is -0.797. The van der Waals surface area contributed by atoms with Crippen LogP contribution in [0.25, 0.3) is 0 Å². The van der Waals surface area contributed by atoms with Crippen molar-refractivity contribution < 1.29 is 20.4 Å². The molecular formula is C15H16O4. The molecule has 0 aliphatic rings. The molecule has 0 spiro atoms. The Morgan fingerprint density at radius 3 is 2.32 bits per heavy atom. The summed E-state index contributed by atoms with van der Waals surface area (Å²) in [6.45, 7) is 0. The fraction of sp³-hybridized carbons (Fsp3) is 0.200. The molecule has 0 bridgehead atoms. The Labute approximate surface area is 111 Å². The maximum atomic E-state index is 10.0. The highest BCUT2D eigenvalue weighted by molar-refractivity contribution is 5.39. The zero-order valence-electron chi connectivity index (χ0n) is 10.3. The van der Waals surface area contributed by atoms with E-state index in [1.807, 2.05) is 0 Å². The summed E-state index contributed by atoms with van der Waals surface area (Å²) in [5, 5.41) is 38.5. The Morgan fingerprint density at radius 1 is 0.895 bits per heavy atom. The molecule has 0 aliphatic carbocycles.